The van der Waals surface area contributed by atoms with Gasteiger partial charge in [-0.3, -0.25) is 9.59 Å². The third kappa shape index (κ3) is 7.11. The Kier molecular flexibility index (Phi) is 8.97. The minimum atomic E-state index is -4.21. The summed E-state index contributed by atoms with van der Waals surface area (Å²) in [4.78, 5) is 40.3. The molecule has 0 aliphatic heterocycles. The minimum Gasteiger partial charge on any atom is -0.477 e. The standard InChI is InChI=1S/C25H31N3O6S/c1-2-3-5-8-18-15-19(16-26-22(18)25(31)32)24(30)28-35(33,34)21-13-11-17(12-14-21)23(29)27-20-9-6-4-7-10-20/h11-16,20H,2-10H2,1H3,(H,27,29)(H,28,30)(H,31,32). The third-order valence-electron chi connectivity index (χ3n) is 6.08. The van der Waals surface area contributed by atoms with Gasteiger partial charge in [-0.25, -0.2) is 22.9 Å². The van der Waals surface area contributed by atoms with E-state index in [1.807, 2.05) is 11.6 Å². The Balaban J connectivity index is 1.70. The molecule has 1 heterocycles. The Bertz CT molecular complexity index is 1170. The number of rotatable bonds is 10. The molecule has 2 aromatic rings. The second kappa shape index (κ2) is 11.9. The number of aryl methyl sites for hydroxylation is 1. The van der Waals surface area contributed by atoms with Crippen molar-refractivity contribution in [2.45, 2.75) is 75.6 Å². The molecular formula is C25H31N3O6S. The SMILES string of the molecule is CCCCCc1cc(C(=O)NS(=O)(=O)c2ccc(C(=O)NC3CCCCC3)cc2)cnc1C(=O)O. The van der Waals surface area contributed by atoms with Gasteiger partial charge >= 0.3 is 5.97 Å². The summed E-state index contributed by atoms with van der Waals surface area (Å²) in [5.41, 5.74) is 0.520. The number of amides is 2. The molecule has 0 saturated heterocycles. The predicted octanol–water partition coefficient (Wildman–Crippen LogP) is 3.69. The number of benzene rings is 1. The lowest BCUT2D eigenvalue weighted by atomic mass is 9.95. The largest absolute Gasteiger partial charge is 0.477 e. The van der Waals surface area contributed by atoms with Crippen molar-refractivity contribution in [3.63, 3.8) is 0 Å². The number of carbonyl (C=O) groups is 3. The van der Waals surface area contributed by atoms with Crippen LogP contribution in [0.25, 0.3) is 0 Å². The number of aromatic nitrogens is 1. The number of carbonyl (C=O) groups excluding carboxylic acids is 2. The molecule has 1 fully saturated rings. The summed E-state index contributed by atoms with van der Waals surface area (Å²) in [5.74, 6) is -2.38. The molecule has 9 nitrogen and oxygen atoms in total. The van der Waals surface area contributed by atoms with Crippen LogP contribution in [0.2, 0.25) is 0 Å². The number of nitrogens with one attached hydrogen (secondary N) is 2. The lowest BCUT2D eigenvalue weighted by Crippen LogP contribution is -2.36. The van der Waals surface area contributed by atoms with Crippen molar-refractivity contribution in [1.29, 1.82) is 0 Å². The maximum absolute atomic E-state index is 12.7. The molecule has 10 heteroatoms. The highest BCUT2D eigenvalue weighted by Gasteiger charge is 2.22. The van der Waals surface area contributed by atoms with Gasteiger partial charge in [0, 0.05) is 17.8 Å². The van der Waals surface area contributed by atoms with Gasteiger partial charge in [-0.05, 0) is 61.6 Å². The van der Waals surface area contributed by atoms with Crippen LogP contribution in [0, 0.1) is 0 Å². The molecule has 3 rings (SSSR count). The number of hydrogen-bond acceptors (Lipinski definition) is 6. The van der Waals surface area contributed by atoms with Crippen molar-refractivity contribution in [2.24, 2.45) is 0 Å². The van der Waals surface area contributed by atoms with Gasteiger partial charge in [0.25, 0.3) is 21.8 Å². The zero-order valence-electron chi connectivity index (χ0n) is 19.7. The number of aromatic carboxylic acids is 1. The summed E-state index contributed by atoms with van der Waals surface area (Å²) in [5, 5.41) is 12.3. The van der Waals surface area contributed by atoms with Crippen LogP contribution in [0.3, 0.4) is 0 Å². The average molecular weight is 502 g/mol. The zero-order chi connectivity index (χ0) is 25.4. The van der Waals surface area contributed by atoms with Crippen LogP contribution in [-0.4, -0.2) is 42.3 Å². The van der Waals surface area contributed by atoms with Crippen LogP contribution in [0.1, 0.15) is 95.1 Å². The molecule has 1 aromatic heterocycles. The molecule has 1 aliphatic rings. The summed E-state index contributed by atoms with van der Waals surface area (Å²) in [6, 6.07) is 6.86. The Hall–Kier alpha value is -3.27. The Morgan fingerprint density at radius 1 is 1.00 bits per heavy atom. The summed E-state index contributed by atoms with van der Waals surface area (Å²) < 4.78 is 27.5. The van der Waals surface area contributed by atoms with Gasteiger partial charge in [0.15, 0.2) is 5.69 Å². The first kappa shape index (κ1) is 26.3. The molecule has 0 radical (unpaired) electrons. The molecule has 0 bridgehead atoms. The molecule has 0 spiro atoms. The summed E-state index contributed by atoms with van der Waals surface area (Å²) in [6.07, 6.45) is 9.23. The Morgan fingerprint density at radius 3 is 2.31 bits per heavy atom. The van der Waals surface area contributed by atoms with Crippen LogP contribution in [0.4, 0.5) is 0 Å². The molecule has 0 unspecified atom stereocenters. The summed E-state index contributed by atoms with van der Waals surface area (Å²) in [6.45, 7) is 2.01. The molecule has 1 aromatic carbocycles. The van der Waals surface area contributed by atoms with Gasteiger partial charge in [0.1, 0.15) is 0 Å². The lowest BCUT2D eigenvalue weighted by molar-refractivity contribution is 0.0688. The second-order valence-corrected chi connectivity index (χ2v) is 10.4. The van der Waals surface area contributed by atoms with Gasteiger partial charge in [0.05, 0.1) is 10.5 Å². The number of nitrogens with zero attached hydrogens (tertiary/aromatic N) is 1. The van der Waals surface area contributed by atoms with Crippen molar-refractivity contribution >= 4 is 27.8 Å². The van der Waals surface area contributed by atoms with Crippen LogP contribution in [0.5, 0.6) is 0 Å². The number of pyridine rings is 1. The van der Waals surface area contributed by atoms with E-state index in [0.717, 1.165) is 51.1 Å². The van der Waals surface area contributed by atoms with E-state index in [1.54, 1.807) is 0 Å². The Morgan fingerprint density at radius 2 is 1.69 bits per heavy atom. The zero-order valence-corrected chi connectivity index (χ0v) is 20.6. The fraction of sp³-hybridized carbons (Fsp3) is 0.440. The molecule has 1 saturated carbocycles. The molecule has 35 heavy (non-hydrogen) atoms. The van der Waals surface area contributed by atoms with Gasteiger partial charge in [-0.15, -0.1) is 0 Å². The highest BCUT2D eigenvalue weighted by atomic mass is 32.2. The lowest BCUT2D eigenvalue weighted by Gasteiger charge is -2.22. The van der Waals surface area contributed by atoms with E-state index >= 15 is 0 Å². The van der Waals surface area contributed by atoms with Crippen molar-refractivity contribution < 1.29 is 27.9 Å². The van der Waals surface area contributed by atoms with E-state index in [2.05, 4.69) is 10.3 Å². The molecule has 188 valence electrons. The number of unbranched alkanes of at least 4 members (excludes halogenated alkanes) is 2. The van der Waals surface area contributed by atoms with Crippen LogP contribution in [-0.2, 0) is 16.4 Å². The van der Waals surface area contributed by atoms with Crippen molar-refractivity contribution in [1.82, 2.24) is 15.0 Å². The van der Waals surface area contributed by atoms with E-state index in [-0.39, 0.29) is 28.1 Å². The van der Waals surface area contributed by atoms with Gasteiger partial charge in [0.2, 0.25) is 0 Å². The average Bonchev–Trinajstić information content (AvgIpc) is 2.84. The van der Waals surface area contributed by atoms with E-state index in [4.69, 9.17) is 0 Å². The summed E-state index contributed by atoms with van der Waals surface area (Å²) in [7, 11) is -4.21. The number of hydrogen-bond donors (Lipinski definition) is 3. The van der Waals surface area contributed by atoms with E-state index in [9.17, 15) is 27.9 Å². The topological polar surface area (TPSA) is 143 Å². The van der Waals surface area contributed by atoms with E-state index in [1.165, 1.54) is 36.8 Å². The number of sulfonamides is 1. The maximum Gasteiger partial charge on any atom is 0.354 e. The monoisotopic (exact) mass is 501 g/mol. The molecule has 0 atom stereocenters. The first-order chi connectivity index (χ1) is 16.7. The smallest absolute Gasteiger partial charge is 0.354 e. The maximum atomic E-state index is 12.7. The molecule has 1 aliphatic carbocycles. The highest BCUT2D eigenvalue weighted by Crippen LogP contribution is 2.19. The normalized spacial score (nSPS) is 14.3. The molecule has 3 N–H and O–H groups in total. The fourth-order valence-electron chi connectivity index (χ4n) is 4.12. The van der Waals surface area contributed by atoms with Crippen molar-refractivity contribution in [2.75, 3.05) is 0 Å². The summed E-state index contributed by atoms with van der Waals surface area (Å²) >= 11 is 0. The van der Waals surface area contributed by atoms with E-state index < -0.39 is 21.9 Å². The predicted molar refractivity (Wildman–Crippen MR) is 130 cm³/mol. The first-order valence-electron chi connectivity index (χ1n) is 11.9. The molecular weight excluding hydrogens is 470 g/mol. The van der Waals surface area contributed by atoms with Gasteiger partial charge in [-0.1, -0.05) is 39.0 Å². The third-order valence-corrected chi connectivity index (χ3v) is 7.42. The second-order valence-electron chi connectivity index (χ2n) is 8.76. The quantitative estimate of drug-likeness (QED) is 0.421. The first-order valence-corrected chi connectivity index (χ1v) is 13.4. The van der Waals surface area contributed by atoms with Crippen LogP contribution >= 0.6 is 0 Å². The van der Waals surface area contributed by atoms with Crippen molar-refractivity contribution in [3.05, 3.63) is 58.9 Å². The highest BCUT2D eigenvalue weighted by molar-refractivity contribution is 7.90. The number of carboxylic acid groups (broad SMARTS) is 1. The van der Waals surface area contributed by atoms with Crippen molar-refractivity contribution in [3.8, 4) is 0 Å². The van der Waals surface area contributed by atoms with Crippen LogP contribution in [0.15, 0.2) is 41.4 Å². The Labute approximate surface area is 205 Å². The van der Waals surface area contributed by atoms with Gasteiger partial charge in [-0.2, -0.15) is 0 Å². The minimum absolute atomic E-state index is 0.0476. The van der Waals surface area contributed by atoms with E-state index in [0.29, 0.717) is 17.5 Å². The van der Waals surface area contributed by atoms with Gasteiger partial charge < -0.3 is 10.4 Å². The molecule has 2 amide bonds. The fourth-order valence-corrected chi connectivity index (χ4v) is 5.10. The number of carboxylic acids is 1. The van der Waals surface area contributed by atoms with Crippen LogP contribution < -0.4 is 10.0 Å².